The van der Waals surface area contributed by atoms with E-state index < -0.39 is 11.9 Å². The van der Waals surface area contributed by atoms with Gasteiger partial charge >= 0.3 is 0 Å². The molecule has 0 unspecified atom stereocenters. The van der Waals surface area contributed by atoms with Crippen LogP contribution in [-0.4, -0.2) is 42.5 Å². The van der Waals surface area contributed by atoms with Crippen LogP contribution in [0, 0.1) is 5.82 Å². The van der Waals surface area contributed by atoms with E-state index >= 15 is 0 Å². The van der Waals surface area contributed by atoms with Crippen LogP contribution in [0.5, 0.6) is 11.5 Å². The van der Waals surface area contributed by atoms with Crippen LogP contribution in [0.3, 0.4) is 0 Å². The van der Waals surface area contributed by atoms with E-state index in [0.717, 1.165) is 11.1 Å². The summed E-state index contributed by atoms with van der Waals surface area (Å²) in [7, 11) is 0. The summed E-state index contributed by atoms with van der Waals surface area (Å²) in [4.78, 5) is 28.5. The summed E-state index contributed by atoms with van der Waals surface area (Å²) in [5.74, 6) is 0.386. The molecule has 0 aliphatic carbocycles. The Labute approximate surface area is 224 Å². The fourth-order valence-corrected chi connectivity index (χ4v) is 4.30. The van der Waals surface area contributed by atoms with Crippen molar-refractivity contribution in [3.63, 3.8) is 0 Å². The van der Waals surface area contributed by atoms with E-state index in [1.165, 1.54) is 11.0 Å². The summed E-state index contributed by atoms with van der Waals surface area (Å²) in [6.45, 7) is 7.08. The van der Waals surface area contributed by atoms with Crippen LogP contribution in [0.15, 0.2) is 72.8 Å². The van der Waals surface area contributed by atoms with Crippen molar-refractivity contribution < 1.29 is 23.5 Å². The molecular formula is C31H37FN2O4. The van der Waals surface area contributed by atoms with Crippen molar-refractivity contribution in [2.24, 2.45) is 0 Å². The zero-order valence-electron chi connectivity index (χ0n) is 22.4. The Morgan fingerprint density at radius 1 is 0.868 bits per heavy atom. The summed E-state index contributed by atoms with van der Waals surface area (Å²) < 4.78 is 26.0. The molecule has 3 aromatic carbocycles. The zero-order valence-corrected chi connectivity index (χ0v) is 22.4. The number of carbonyl (C=O) groups excluding carboxylic acids is 2. The maximum absolute atomic E-state index is 14.7. The first-order chi connectivity index (χ1) is 18.5. The lowest BCUT2D eigenvalue weighted by Crippen LogP contribution is -2.50. The smallest absolute Gasteiger partial charge is 0.243 e. The zero-order chi connectivity index (χ0) is 27.3. The van der Waals surface area contributed by atoms with Gasteiger partial charge in [0.1, 0.15) is 11.9 Å². The molecule has 0 aliphatic heterocycles. The largest absolute Gasteiger partial charge is 0.490 e. The number of hydrogen-bond donors (Lipinski definition) is 1. The van der Waals surface area contributed by atoms with E-state index in [-0.39, 0.29) is 24.8 Å². The fraction of sp³-hybridized carbons (Fsp3) is 0.355. The number of rotatable bonds is 14. The molecule has 1 N–H and O–H groups in total. The predicted octanol–water partition coefficient (Wildman–Crippen LogP) is 5.33. The first-order valence-electron chi connectivity index (χ1n) is 13.2. The van der Waals surface area contributed by atoms with Gasteiger partial charge in [0.25, 0.3) is 0 Å². The lowest BCUT2D eigenvalue weighted by atomic mass is 10.0. The van der Waals surface area contributed by atoms with Crippen LogP contribution in [0.2, 0.25) is 0 Å². The Bertz CT molecular complexity index is 1190. The summed E-state index contributed by atoms with van der Waals surface area (Å²) >= 11 is 0. The van der Waals surface area contributed by atoms with Crippen LogP contribution >= 0.6 is 0 Å². The van der Waals surface area contributed by atoms with Crippen molar-refractivity contribution in [3.8, 4) is 11.5 Å². The number of ether oxygens (including phenoxy) is 2. The maximum Gasteiger partial charge on any atom is 0.243 e. The molecule has 7 heteroatoms. The molecule has 0 saturated carbocycles. The molecule has 0 fully saturated rings. The molecule has 0 saturated heterocycles. The van der Waals surface area contributed by atoms with Crippen molar-refractivity contribution in [1.82, 2.24) is 10.2 Å². The summed E-state index contributed by atoms with van der Waals surface area (Å²) in [5.41, 5.74) is 2.19. The number of nitrogens with zero attached hydrogens (tertiary/aromatic N) is 1. The monoisotopic (exact) mass is 520 g/mol. The lowest BCUT2D eigenvalue weighted by Gasteiger charge is -2.31. The van der Waals surface area contributed by atoms with Crippen LogP contribution < -0.4 is 14.8 Å². The van der Waals surface area contributed by atoms with E-state index in [1.54, 1.807) is 18.2 Å². The predicted molar refractivity (Wildman–Crippen MR) is 147 cm³/mol. The van der Waals surface area contributed by atoms with Crippen molar-refractivity contribution in [2.75, 3.05) is 19.8 Å². The molecule has 6 nitrogen and oxygen atoms in total. The van der Waals surface area contributed by atoms with Gasteiger partial charge in [-0.05, 0) is 56.5 Å². The molecule has 0 radical (unpaired) electrons. The molecule has 3 rings (SSSR count). The summed E-state index contributed by atoms with van der Waals surface area (Å²) in [5, 5.41) is 2.86. The van der Waals surface area contributed by atoms with Crippen LogP contribution in [0.4, 0.5) is 4.39 Å². The Morgan fingerprint density at radius 3 is 2.24 bits per heavy atom. The number of aryl methyl sites for hydroxylation is 1. The Hall–Kier alpha value is -3.87. The Balaban J connectivity index is 1.88. The maximum atomic E-state index is 14.7. The molecule has 2 amide bonds. The number of amides is 2. The normalized spacial score (nSPS) is 11.5. The number of nitrogens with one attached hydrogen (secondary N) is 1. The molecule has 0 aromatic heterocycles. The van der Waals surface area contributed by atoms with E-state index in [2.05, 4.69) is 5.32 Å². The number of benzene rings is 3. The molecule has 0 aliphatic rings. The number of carbonyl (C=O) groups is 2. The highest BCUT2D eigenvalue weighted by Crippen LogP contribution is 2.29. The standard InChI is InChI=1S/C31H37FN2O4/c1-4-33-31(36)27(20-23-12-8-7-9-13-23)34(22-25-14-10-11-15-26(25)32)30(35)19-17-24-16-18-28(37-5-2)29(21-24)38-6-3/h7-16,18,21,27H,4-6,17,19-20,22H2,1-3H3,(H,33,36)/t27-/m0/s1. The highest BCUT2D eigenvalue weighted by Gasteiger charge is 2.30. The van der Waals surface area contributed by atoms with Gasteiger partial charge in [-0.1, -0.05) is 54.6 Å². The third kappa shape index (κ3) is 8.07. The van der Waals surface area contributed by atoms with Gasteiger partial charge in [0.05, 0.1) is 13.2 Å². The molecule has 202 valence electrons. The van der Waals surface area contributed by atoms with Gasteiger partial charge in [-0.15, -0.1) is 0 Å². The Morgan fingerprint density at radius 2 is 1.55 bits per heavy atom. The van der Waals surface area contributed by atoms with Crippen molar-refractivity contribution >= 4 is 11.8 Å². The van der Waals surface area contributed by atoms with E-state index in [4.69, 9.17) is 9.47 Å². The SMILES string of the molecule is CCNC(=O)[C@H](Cc1ccccc1)N(Cc1ccccc1F)C(=O)CCc1ccc(OCC)c(OCC)c1. The summed E-state index contributed by atoms with van der Waals surface area (Å²) in [6.07, 6.45) is 0.912. The van der Waals surface area contributed by atoms with Crippen molar-refractivity contribution in [1.29, 1.82) is 0 Å². The molecule has 0 heterocycles. The third-order valence-corrected chi connectivity index (χ3v) is 6.16. The van der Waals surface area contributed by atoms with Gasteiger partial charge in [-0.2, -0.15) is 0 Å². The van der Waals surface area contributed by atoms with Gasteiger partial charge in [-0.25, -0.2) is 4.39 Å². The second-order valence-corrected chi connectivity index (χ2v) is 8.86. The average molecular weight is 521 g/mol. The second kappa shape index (κ2) is 14.8. The van der Waals surface area contributed by atoms with E-state index in [1.807, 2.05) is 69.3 Å². The van der Waals surface area contributed by atoms with Gasteiger partial charge in [-0.3, -0.25) is 9.59 Å². The minimum absolute atomic E-state index is 0.00633. The van der Waals surface area contributed by atoms with Crippen molar-refractivity contribution in [2.45, 2.75) is 52.6 Å². The molecule has 1 atom stereocenters. The van der Waals surface area contributed by atoms with Crippen LogP contribution in [-0.2, 0) is 29.0 Å². The van der Waals surface area contributed by atoms with Gasteiger partial charge in [0, 0.05) is 31.5 Å². The highest BCUT2D eigenvalue weighted by molar-refractivity contribution is 5.88. The Kier molecular flexibility index (Phi) is 11.1. The van der Waals surface area contributed by atoms with E-state index in [9.17, 15) is 14.0 Å². The first-order valence-corrected chi connectivity index (χ1v) is 13.2. The summed E-state index contributed by atoms with van der Waals surface area (Å²) in [6, 6.07) is 20.7. The second-order valence-electron chi connectivity index (χ2n) is 8.86. The molecule has 38 heavy (non-hydrogen) atoms. The van der Waals surface area contributed by atoms with Crippen molar-refractivity contribution in [3.05, 3.63) is 95.3 Å². The molecule has 0 bridgehead atoms. The minimum Gasteiger partial charge on any atom is -0.490 e. The van der Waals surface area contributed by atoms with Crippen LogP contribution in [0.1, 0.15) is 43.9 Å². The average Bonchev–Trinajstić information content (AvgIpc) is 2.92. The highest BCUT2D eigenvalue weighted by atomic mass is 19.1. The topological polar surface area (TPSA) is 67.9 Å². The number of likely N-dealkylation sites (N-methyl/N-ethyl adjacent to an activating group) is 1. The molecule has 0 spiro atoms. The number of hydrogen-bond acceptors (Lipinski definition) is 4. The van der Waals surface area contributed by atoms with Gasteiger partial charge in [0.15, 0.2) is 11.5 Å². The number of halogens is 1. The first kappa shape index (κ1) is 28.7. The lowest BCUT2D eigenvalue weighted by molar-refractivity contribution is -0.141. The van der Waals surface area contributed by atoms with Gasteiger partial charge in [0.2, 0.25) is 11.8 Å². The third-order valence-electron chi connectivity index (χ3n) is 6.16. The molecule has 3 aromatic rings. The van der Waals surface area contributed by atoms with Crippen LogP contribution in [0.25, 0.3) is 0 Å². The fourth-order valence-electron chi connectivity index (χ4n) is 4.30. The minimum atomic E-state index is -0.788. The van der Waals surface area contributed by atoms with Gasteiger partial charge < -0.3 is 19.7 Å². The quantitative estimate of drug-likeness (QED) is 0.312. The molecular weight excluding hydrogens is 483 g/mol. The van der Waals surface area contributed by atoms with E-state index in [0.29, 0.717) is 49.7 Å².